The predicted molar refractivity (Wildman–Crippen MR) is 172 cm³/mol. The van der Waals surface area contributed by atoms with E-state index in [9.17, 15) is 18.4 Å². The van der Waals surface area contributed by atoms with Gasteiger partial charge in [0, 0.05) is 25.4 Å². The molecule has 4 aromatic carbocycles. The maximum atomic E-state index is 13.0. The molecule has 4 aromatic rings. The number of rotatable bonds is 10. The van der Waals surface area contributed by atoms with Crippen molar-refractivity contribution in [3.05, 3.63) is 94.8 Å². The minimum Gasteiger partial charge on any atom is -0.496 e. The van der Waals surface area contributed by atoms with Crippen molar-refractivity contribution in [2.75, 3.05) is 40.5 Å². The lowest BCUT2D eigenvalue weighted by Gasteiger charge is -2.33. The third-order valence-electron chi connectivity index (χ3n) is 8.28. The summed E-state index contributed by atoms with van der Waals surface area (Å²) in [4.78, 5) is 24.0. The molecule has 0 saturated carbocycles. The van der Waals surface area contributed by atoms with Gasteiger partial charge in [0.05, 0.1) is 25.3 Å². The summed E-state index contributed by atoms with van der Waals surface area (Å²) < 4.78 is 37.6. The van der Waals surface area contributed by atoms with Crippen molar-refractivity contribution in [3.8, 4) is 22.6 Å². The number of primary amides is 1. The Morgan fingerprint density at radius 1 is 1.00 bits per heavy atom. The van der Waals surface area contributed by atoms with Crippen molar-refractivity contribution in [1.29, 1.82) is 0 Å². The Bertz CT molecular complexity index is 1640. The number of ether oxygens (including phenoxy) is 2. The van der Waals surface area contributed by atoms with Crippen LogP contribution in [-0.4, -0.2) is 62.4 Å². The second-order valence-electron chi connectivity index (χ2n) is 11.1. The number of carboxylic acids is 1. The van der Waals surface area contributed by atoms with Crippen molar-refractivity contribution in [3.63, 3.8) is 0 Å². The van der Waals surface area contributed by atoms with Crippen molar-refractivity contribution in [2.24, 2.45) is 5.73 Å². The van der Waals surface area contributed by atoms with Crippen molar-refractivity contribution in [2.45, 2.75) is 38.5 Å². The van der Waals surface area contributed by atoms with E-state index >= 15 is 0 Å². The molecule has 5 rings (SSSR count). The molecule has 1 fully saturated rings. The third-order valence-corrected chi connectivity index (χ3v) is 8.28. The number of aliphatic carboxylic acids is 1. The van der Waals surface area contributed by atoms with Gasteiger partial charge in [0.1, 0.15) is 24.0 Å². The molecule has 0 aromatic heterocycles. The van der Waals surface area contributed by atoms with Gasteiger partial charge >= 0.3 is 5.97 Å². The summed E-state index contributed by atoms with van der Waals surface area (Å²) >= 11 is 0. The lowest BCUT2D eigenvalue weighted by molar-refractivity contribution is -0.136. The van der Waals surface area contributed by atoms with E-state index in [0.717, 1.165) is 70.5 Å². The zero-order chi connectivity index (χ0) is 32.5. The Balaban J connectivity index is 0.000000354. The minimum atomic E-state index is -0.807. The monoisotopic (exact) mass is 618 g/mol. The number of carbonyl (C=O) groups excluding carboxylic acids is 1. The van der Waals surface area contributed by atoms with E-state index in [4.69, 9.17) is 20.3 Å². The third kappa shape index (κ3) is 7.78. The summed E-state index contributed by atoms with van der Waals surface area (Å²) in [6.45, 7) is 3.50. The van der Waals surface area contributed by atoms with Gasteiger partial charge in [-0.3, -0.25) is 9.59 Å². The summed E-state index contributed by atoms with van der Waals surface area (Å²) in [6.07, 6.45) is 2.61. The molecule has 0 aliphatic carbocycles. The highest BCUT2D eigenvalue weighted by molar-refractivity contribution is 6.01. The molecule has 45 heavy (non-hydrogen) atoms. The molecule has 0 radical (unpaired) electrons. The van der Waals surface area contributed by atoms with Crippen LogP contribution in [0, 0.1) is 12.7 Å². The number of hydrogen-bond donors (Lipinski definition) is 2. The minimum absolute atomic E-state index is 0.0208. The van der Waals surface area contributed by atoms with Gasteiger partial charge in [-0.2, -0.15) is 0 Å². The maximum Gasteiger partial charge on any atom is 0.303 e. The van der Waals surface area contributed by atoms with E-state index in [1.54, 1.807) is 27.2 Å². The summed E-state index contributed by atoms with van der Waals surface area (Å²) in [5, 5.41) is 11.2. The van der Waals surface area contributed by atoms with Crippen LogP contribution in [-0.2, 0) is 11.2 Å². The summed E-state index contributed by atoms with van der Waals surface area (Å²) in [5.41, 5.74) is 9.48. The molecule has 0 spiro atoms. The first-order valence-electron chi connectivity index (χ1n) is 15.0. The molecular weight excluding hydrogens is 578 g/mol. The summed E-state index contributed by atoms with van der Waals surface area (Å²) in [7, 11) is 3.35. The van der Waals surface area contributed by atoms with Gasteiger partial charge in [-0.15, -0.1) is 0 Å². The number of carbonyl (C=O) groups is 2. The van der Waals surface area contributed by atoms with Crippen LogP contribution in [0.1, 0.15) is 52.2 Å². The van der Waals surface area contributed by atoms with Gasteiger partial charge < -0.3 is 25.2 Å². The van der Waals surface area contributed by atoms with Crippen LogP contribution in [0.25, 0.3) is 21.9 Å². The Morgan fingerprint density at radius 2 is 1.73 bits per heavy atom. The van der Waals surface area contributed by atoms with E-state index in [1.807, 2.05) is 30.3 Å². The largest absolute Gasteiger partial charge is 0.496 e. The van der Waals surface area contributed by atoms with Gasteiger partial charge in [-0.1, -0.05) is 54.6 Å². The number of nitrogens with two attached hydrogens (primary N) is 1. The van der Waals surface area contributed by atoms with Crippen LogP contribution < -0.4 is 15.2 Å². The first-order valence-corrected chi connectivity index (χ1v) is 15.0. The second-order valence-corrected chi connectivity index (χ2v) is 11.1. The average Bonchev–Trinajstić information content (AvgIpc) is 3.03. The fraction of sp³-hybridized carbons (Fsp3) is 0.333. The van der Waals surface area contributed by atoms with Crippen molar-refractivity contribution in [1.82, 2.24) is 4.90 Å². The zero-order valence-electron chi connectivity index (χ0n) is 25.9. The molecule has 1 amide bonds. The molecule has 9 heteroatoms. The van der Waals surface area contributed by atoms with Crippen molar-refractivity contribution < 1.29 is 33.0 Å². The molecule has 1 atom stereocenters. The zero-order valence-corrected chi connectivity index (χ0v) is 25.9. The number of halogens is 2. The number of piperidine rings is 1. The van der Waals surface area contributed by atoms with Crippen LogP contribution in [0.3, 0.4) is 0 Å². The highest BCUT2D eigenvalue weighted by Gasteiger charge is 2.27. The van der Waals surface area contributed by atoms with E-state index in [2.05, 4.69) is 23.1 Å². The number of methoxy groups -OCH3 is 2. The highest BCUT2D eigenvalue weighted by atomic mass is 19.1. The predicted octanol–water partition coefficient (Wildman–Crippen LogP) is 6.92. The van der Waals surface area contributed by atoms with Crippen LogP contribution in [0.2, 0.25) is 0 Å². The van der Waals surface area contributed by atoms with E-state index in [-0.39, 0.29) is 24.6 Å². The Labute approximate surface area is 262 Å². The SMILES string of the molecule is COc1ccc(C2CCCN(CCF)C2)c(OC)c1-c1cccc2c(CCC(=O)O)cccc12.Cc1cccc(F)c1C(N)=O. The van der Waals surface area contributed by atoms with Crippen LogP contribution in [0.4, 0.5) is 8.78 Å². The molecule has 7 nitrogen and oxygen atoms in total. The molecule has 1 unspecified atom stereocenters. The first-order chi connectivity index (χ1) is 21.7. The van der Waals surface area contributed by atoms with Gasteiger partial charge in [-0.05, 0) is 77.9 Å². The van der Waals surface area contributed by atoms with Gasteiger partial charge in [0.15, 0.2) is 0 Å². The first kappa shape index (κ1) is 33.4. The standard InChI is InChI=1S/C28H32FNO4.C8H8FNO/c1-33-25-13-12-22(20-7-5-16-30(18-20)17-15-29)28(34-2)27(25)24-10-4-8-21-19(11-14-26(31)32)6-3-9-23(21)24;1-5-3-2-4-6(9)7(5)8(10)11/h3-4,6,8-10,12-13,20H,5,7,11,14-18H2,1-2H3,(H,31,32);2-4H,1H3,(H2,10,11). The van der Waals surface area contributed by atoms with Crippen LogP contribution >= 0.6 is 0 Å². The molecule has 3 N–H and O–H groups in total. The van der Waals surface area contributed by atoms with Gasteiger partial charge in [0.25, 0.3) is 5.91 Å². The Hall–Kier alpha value is -4.50. The molecule has 1 aliphatic heterocycles. The second kappa shape index (κ2) is 15.5. The fourth-order valence-electron chi connectivity index (χ4n) is 6.18. The van der Waals surface area contributed by atoms with E-state index < -0.39 is 17.7 Å². The van der Waals surface area contributed by atoms with Crippen LogP contribution in [0.15, 0.2) is 66.7 Å². The molecule has 1 saturated heterocycles. The highest BCUT2D eigenvalue weighted by Crippen LogP contribution is 2.47. The number of fused-ring (bicyclic) bond motifs is 1. The molecule has 0 bridgehead atoms. The van der Waals surface area contributed by atoms with Crippen molar-refractivity contribution >= 4 is 22.6 Å². The van der Waals surface area contributed by atoms with Crippen LogP contribution in [0.5, 0.6) is 11.5 Å². The smallest absolute Gasteiger partial charge is 0.303 e. The number of hydrogen-bond acceptors (Lipinski definition) is 5. The Morgan fingerprint density at radius 3 is 2.38 bits per heavy atom. The van der Waals surface area contributed by atoms with E-state index in [1.165, 1.54) is 12.1 Å². The lowest BCUT2D eigenvalue weighted by atomic mass is 9.86. The fourth-order valence-corrected chi connectivity index (χ4v) is 6.18. The molecular formula is C36H40F2N2O5. The normalized spacial score (nSPS) is 14.8. The van der Waals surface area contributed by atoms with E-state index in [0.29, 0.717) is 18.5 Å². The number of carboxylic acid groups (broad SMARTS) is 1. The number of nitrogens with zero attached hydrogens (tertiary/aromatic N) is 1. The topological polar surface area (TPSA) is 102 Å². The van der Waals surface area contributed by atoms with Gasteiger partial charge in [-0.25, -0.2) is 8.78 Å². The quantitative estimate of drug-likeness (QED) is 0.200. The number of benzene rings is 4. The summed E-state index contributed by atoms with van der Waals surface area (Å²) in [6, 6.07) is 20.6. The number of aryl methyl sites for hydroxylation is 2. The Kier molecular flexibility index (Phi) is 11.5. The maximum absolute atomic E-state index is 13.0. The number of likely N-dealkylation sites (tertiary alicyclic amines) is 1. The number of amides is 1. The lowest BCUT2D eigenvalue weighted by Crippen LogP contribution is -2.35. The molecule has 1 heterocycles. The van der Waals surface area contributed by atoms with Gasteiger partial charge in [0.2, 0.25) is 0 Å². The number of alkyl halides is 1. The summed E-state index contributed by atoms with van der Waals surface area (Å²) in [5.74, 6) is -0.326. The molecule has 238 valence electrons. The average molecular weight is 619 g/mol. The molecule has 1 aliphatic rings.